The molecule has 5 rings (SSSR count). The van der Waals surface area contributed by atoms with Crippen molar-refractivity contribution in [3.05, 3.63) is 23.3 Å². The molecule has 0 bridgehead atoms. The standard InChI is InChI=1S/C18H22BN3O6/c20-17(23)13-3-8(5-21-13)22-6-9(7-22)27-14-2-1-10-11-4-12(11)19(26)28-16(10)15(14)18(24)25/h1-2,8-9,11-13,21,26H,3-7H2,(H2,20,23)(H,24,25)/t8-,11+,12+,13-/m0/s1. The summed E-state index contributed by atoms with van der Waals surface area (Å²) in [7, 11) is -0.960. The fourth-order valence-corrected chi connectivity index (χ4v) is 4.63. The zero-order chi connectivity index (χ0) is 19.6. The number of ether oxygens (including phenoxy) is 1. The van der Waals surface area contributed by atoms with Crippen molar-refractivity contribution in [1.82, 2.24) is 10.2 Å². The molecule has 0 spiro atoms. The Morgan fingerprint density at radius 1 is 1.32 bits per heavy atom. The number of amides is 1. The summed E-state index contributed by atoms with van der Waals surface area (Å²) in [6.07, 6.45) is 1.36. The molecule has 3 heterocycles. The summed E-state index contributed by atoms with van der Waals surface area (Å²) in [6.45, 7) is 2.01. The first-order valence-corrected chi connectivity index (χ1v) is 9.60. The van der Waals surface area contributed by atoms with Crippen LogP contribution in [0.25, 0.3) is 0 Å². The molecule has 3 aliphatic heterocycles. The number of likely N-dealkylation sites (tertiary alicyclic amines) is 1. The van der Waals surface area contributed by atoms with E-state index < -0.39 is 13.1 Å². The number of carboxylic acids is 1. The summed E-state index contributed by atoms with van der Waals surface area (Å²) in [5, 5.41) is 22.8. The van der Waals surface area contributed by atoms with E-state index in [-0.39, 0.29) is 52.9 Å². The number of benzene rings is 1. The van der Waals surface area contributed by atoms with E-state index in [1.54, 1.807) is 6.07 Å². The lowest BCUT2D eigenvalue weighted by molar-refractivity contribution is -0.119. The topological polar surface area (TPSA) is 134 Å². The molecule has 1 aliphatic carbocycles. The van der Waals surface area contributed by atoms with Gasteiger partial charge in [0.05, 0.1) is 6.04 Å². The molecule has 0 radical (unpaired) electrons. The Morgan fingerprint density at radius 2 is 2.11 bits per heavy atom. The minimum absolute atomic E-state index is 0.0170. The van der Waals surface area contributed by atoms with E-state index in [4.69, 9.17) is 15.1 Å². The molecule has 148 valence electrons. The van der Waals surface area contributed by atoms with Gasteiger partial charge in [-0.15, -0.1) is 0 Å². The average Bonchev–Trinajstić information content (AvgIpc) is 3.27. The Bertz CT molecular complexity index is 845. The van der Waals surface area contributed by atoms with Gasteiger partial charge in [0.15, 0.2) is 0 Å². The number of aromatic carboxylic acids is 1. The Morgan fingerprint density at radius 3 is 2.79 bits per heavy atom. The van der Waals surface area contributed by atoms with E-state index in [1.807, 2.05) is 6.07 Å². The second kappa shape index (κ2) is 6.36. The maximum absolute atomic E-state index is 11.9. The second-order valence-corrected chi connectivity index (χ2v) is 8.12. The molecular weight excluding hydrogens is 365 g/mol. The molecule has 28 heavy (non-hydrogen) atoms. The van der Waals surface area contributed by atoms with E-state index >= 15 is 0 Å². The van der Waals surface area contributed by atoms with Crippen molar-refractivity contribution in [1.29, 1.82) is 0 Å². The number of nitrogens with zero attached hydrogens (tertiary/aromatic N) is 1. The molecule has 5 N–H and O–H groups in total. The number of carboxylic acid groups (broad SMARTS) is 1. The van der Waals surface area contributed by atoms with E-state index in [0.717, 1.165) is 12.0 Å². The van der Waals surface area contributed by atoms with Gasteiger partial charge in [-0.2, -0.15) is 0 Å². The molecule has 4 atom stereocenters. The lowest BCUT2D eigenvalue weighted by Crippen LogP contribution is -2.58. The molecule has 4 aliphatic rings. The van der Waals surface area contributed by atoms with E-state index in [1.165, 1.54) is 0 Å². The van der Waals surface area contributed by atoms with Crippen LogP contribution in [-0.2, 0) is 4.79 Å². The minimum Gasteiger partial charge on any atom is -0.535 e. The van der Waals surface area contributed by atoms with E-state index in [9.17, 15) is 19.7 Å². The highest BCUT2D eigenvalue weighted by Crippen LogP contribution is 2.60. The van der Waals surface area contributed by atoms with Crippen LogP contribution >= 0.6 is 0 Å². The molecular formula is C18H22BN3O6. The summed E-state index contributed by atoms with van der Waals surface area (Å²) in [4.78, 5) is 25.4. The van der Waals surface area contributed by atoms with Gasteiger partial charge in [-0.1, -0.05) is 6.07 Å². The highest BCUT2D eigenvalue weighted by molar-refractivity contribution is 6.48. The molecule has 3 fully saturated rings. The van der Waals surface area contributed by atoms with Crippen LogP contribution in [0.3, 0.4) is 0 Å². The van der Waals surface area contributed by atoms with Crippen molar-refractivity contribution in [2.24, 2.45) is 5.73 Å². The summed E-state index contributed by atoms with van der Waals surface area (Å²) < 4.78 is 11.5. The molecule has 2 saturated heterocycles. The Hall–Kier alpha value is -2.30. The van der Waals surface area contributed by atoms with Gasteiger partial charge < -0.3 is 30.6 Å². The average molecular weight is 387 g/mol. The molecule has 0 aromatic heterocycles. The minimum atomic E-state index is -1.13. The number of nitrogens with two attached hydrogens (primary N) is 1. The highest BCUT2D eigenvalue weighted by Gasteiger charge is 2.54. The lowest BCUT2D eigenvalue weighted by Gasteiger charge is -2.42. The number of fused-ring (bicyclic) bond motifs is 3. The first kappa shape index (κ1) is 17.8. The quantitative estimate of drug-likeness (QED) is 0.492. The van der Waals surface area contributed by atoms with E-state index in [0.29, 0.717) is 26.1 Å². The zero-order valence-corrected chi connectivity index (χ0v) is 15.2. The van der Waals surface area contributed by atoms with Crippen LogP contribution in [0.5, 0.6) is 11.5 Å². The van der Waals surface area contributed by atoms with Gasteiger partial charge in [0, 0.05) is 31.5 Å². The number of carbonyl (C=O) groups excluding carboxylic acids is 1. The monoisotopic (exact) mass is 387 g/mol. The Labute approximate surface area is 161 Å². The fraction of sp³-hybridized carbons (Fsp3) is 0.556. The zero-order valence-electron chi connectivity index (χ0n) is 15.2. The molecule has 1 aromatic rings. The molecule has 10 heteroatoms. The summed E-state index contributed by atoms with van der Waals surface area (Å²) >= 11 is 0. The fourth-order valence-electron chi connectivity index (χ4n) is 4.63. The third-order valence-electron chi connectivity index (χ3n) is 6.35. The molecule has 1 aromatic carbocycles. The second-order valence-electron chi connectivity index (χ2n) is 8.12. The number of carbonyl (C=O) groups is 2. The number of primary amides is 1. The van der Waals surface area contributed by atoms with Crippen molar-refractivity contribution in [3.8, 4) is 11.5 Å². The van der Waals surface area contributed by atoms with E-state index in [2.05, 4.69) is 10.2 Å². The highest BCUT2D eigenvalue weighted by atomic mass is 16.5. The SMILES string of the molecule is NC(=O)[C@@H]1C[C@H](N2CC(Oc3ccc4c(c3C(=O)O)OB(O)[C@@H]3C[C@H]43)C2)CN1. The Kier molecular flexibility index (Phi) is 4.04. The van der Waals surface area contributed by atoms with Crippen molar-refractivity contribution >= 4 is 19.0 Å². The van der Waals surface area contributed by atoms with Crippen LogP contribution in [-0.4, -0.2) is 71.8 Å². The van der Waals surface area contributed by atoms with Crippen LogP contribution < -0.4 is 20.4 Å². The van der Waals surface area contributed by atoms with Gasteiger partial charge in [0.25, 0.3) is 0 Å². The third kappa shape index (κ3) is 2.83. The van der Waals surface area contributed by atoms with Crippen molar-refractivity contribution < 1.29 is 29.1 Å². The summed E-state index contributed by atoms with van der Waals surface area (Å²) in [6, 6.07) is 3.48. The maximum atomic E-state index is 11.9. The third-order valence-corrected chi connectivity index (χ3v) is 6.35. The van der Waals surface area contributed by atoms with Crippen LogP contribution in [0.15, 0.2) is 12.1 Å². The summed E-state index contributed by atoms with van der Waals surface area (Å²) in [5.41, 5.74) is 6.16. The normalized spacial score (nSPS) is 31.4. The molecule has 1 amide bonds. The van der Waals surface area contributed by atoms with Gasteiger partial charge in [0.2, 0.25) is 5.91 Å². The van der Waals surface area contributed by atoms with Crippen LogP contribution in [0.2, 0.25) is 5.82 Å². The number of rotatable bonds is 5. The summed E-state index contributed by atoms with van der Waals surface area (Å²) in [5.74, 6) is -0.739. The van der Waals surface area contributed by atoms with Crippen LogP contribution in [0.1, 0.15) is 34.7 Å². The van der Waals surface area contributed by atoms with Crippen LogP contribution in [0.4, 0.5) is 0 Å². The van der Waals surface area contributed by atoms with Crippen molar-refractivity contribution in [2.75, 3.05) is 19.6 Å². The smallest absolute Gasteiger partial charge is 0.526 e. The van der Waals surface area contributed by atoms with Gasteiger partial charge in [-0.3, -0.25) is 9.69 Å². The van der Waals surface area contributed by atoms with Crippen molar-refractivity contribution in [2.45, 2.75) is 42.8 Å². The maximum Gasteiger partial charge on any atom is 0.526 e. The molecule has 9 nitrogen and oxygen atoms in total. The number of hydrogen-bond donors (Lipinski definition) is 4. The predicted octanol–water partition coefficient (Wildman–Crippen LogP) is -0.606. The van der Waals surface area contributed by atoms with Crippen molar-refractivity contribution in [3.63, 3.8) is 0 Å². The number of nitrogens with one attached hydrogen (secondary N) is 1. The first-order valence-electron chi connectivity index (χ1n) is 9.60. The van der Waals surface area contributed by atoms with Gasteiger partial charge in [-0.05, 0) is 30.4 Å². The van der Waals surface area contributed by atoms with Gasteiger partial charge >= 0.3 is 13.1 Å². The van der Waals surface area contributed by atoms with Gasteiger partial charge in [0.1, 0.15) is 23.2 Å². The molecule has 1 saturated carbocycles. The number of hydrogen-bond acceptors (Lipinski definition) is 7. The first-order chi connectivity index (χ1) is 13.4. The Balaban J connectivity index is 1.28. The van der Waals surface area contributed by atoms with Gasteiger partial charge in [-0.25, -0.2) is 4.79 Å². The predicted molar refractivity (Wildman–Crippen MR) is 98.5 cm³/mol. The molecule has 0 unspecified atom stereocenters. The largest absolute Gasteiger partial charge is 0.535 e. The van der Waals surface area contributed by atoms with Crippen LogP contribution in [0, 0.1) is 0 Å². The lowest BCUT2D eigenvalue weighted by atomic mass is 9.77.